The molecule has 18 heavy (non-hydrogen) atoms. The van der Waals surface area contributed by atoms with Gasteiger partial charge in [-0.05, 0) is 53.9 Å². The third kappa shape index (κ3) is 6.53. The average Bonchev–Trinajstić information content (AvgIpc) is 2.35. The molecule has 4 nitrogen and oxygen atoms in total. The number of aliphatic hydroxyl groups excluding tert-OH is 1. The number of nitrogens with zero attached hydrogens (tertiary/aromatic N) is 1. The molecular formula is C13H20INO3. The first-order chi connectivity index (χ1) is 8.61. The molecule has 0 radical (unpaired) electrons. The quantitative estimate of drug-likeness (QED) is 0.711. The van der Waals surface area contributed by atoms with Gasteiger partial charge in [0.05, 0.1) is 6.61 Å². The van der Waals surface area contributed by atoms with Crippen molar-refractivity contribution in [3.63, 3.8) is 0 Å². The van der Waals surface area contributed by atoms with Gasteiger partial charge >= 0.3 is 0 Å². The first kappa shape index (κ1) is 15.7. The molecule has 1 aromatic carbocycles. The van der Waals surface area contributed by atoms with E-state index in [-0.39, 0.29) is 0 Å². The number of aliphatic hydroxyl groups is 1. The van der Waals surface area contributed by atoms with E-state index in [1.54, 1.807) is 7.11 Å². The molecule has 0 bridgehead atoms. The molecular weight excluding hydrogens is 345 g/mol. The standard InChI is InChI=1S/C13H20INO3/c1-15(7-8-17-2)9-12(16)10-18-13-5-3-11(14)4-6-13/h3-6,12,16H,7-10H2,1-2H3. The third-order valence-corrected chi connectivity index (χ3v) is 3.17. The monoisotopic (exact) mass is 365 g/mol. The van der Waals surface area contributed by atoms with Gasteiger partial charge in [0.15, 0.2) is 0 Å². The van der Waals surface area contributed by atoms with Crippen LogP contribution in [0.1, 0.15) is 0 Å². The van der Waals surface area contributed by atoms with Crippen molar-refractivity contribution < 1.29 is 14.6 Å². The first-order valence-corrected chi connectivity index (χ1v) is 6.93. The molecule has 0 heterocycles. The van der Waals surface area contributed by atoms with Gasteiger partial charge in [-0.25, -0.2) is 0 Å². The molecule has 1 rings (SSSR count). The van der Waals surface area contributed by atoms with Gasteiger partial charge in [0.1, 0.15) is 18.5 Å². The van der Waals surface area contributed by atoms with Crippen LogP contribution in [0.15, 0.2) is 24.3 Å². The second kappa shape index (κ2) is 8.68. The summed E-state index contributed by atoms with van der Waals surface area (Å²) in [6.07, 6.45) is -0.494. The normalized spacial score (nSPS) is 12.7. The van der Waals surface area contributed by atoms with E-state index in [9.17, 15) is 5.11 Å². The molecule has 0 aliphatic rings. The molecule has 5 heteroatoms. The predicted octanol–water partition coefficient (Wildman–Crippen LogP) is 1.61. The van der Waals surface area contributed by atoms with Crippen molar-refractivity contribution in [3.05, 3.63) is 27.8 Å². The highest BCUT2D eigenvalue weighted by Gasteiger charge is 2.08. The lowest BCUT2D eigenvalue weighted by atomic mass is 10.3. The number of methoxy groups -OCH3 is 1. The maximum absolute atomic E-state index is 9.83. The maximum atomic E-state index is 9.83. The molecule has 0 amide bonds. The van der Waals surface area contributed by atoms with Gasteiger partial charge in [0.2, 0.25) is 0 Å². The minimum Gasteiger partial charge on any atom is -0.491 e. The summed E-state index contributed by atoms with van der Waals surface area (Å²) in [7, 11) is 3.62. The molecule has 0 aliphatic heterocycles. The van der Waals surface area contributed by atoms with E-state index in [1.165, 1.54) is 3.57 Å². The van der Waals surface area contributed by atoms with Gasteiger partial charge in [-0.3, -0.25) is 0 Å². The van der Waals surface area contributed by atoms with Crippen molar-refractivity contribution in [1.29, 1.82) is 0 Å². The lowest BCUT2D eigenvalue weighted by Crippen LogP contribution is -2.34. The molecule has 0 spiro atoms. The smallest absolute Gasteiger partial charge is 0.119 e. The van der Waals surface area contributed by atoms with Crippen molar-refractivity contribution in [2.45, 2.75) is 6.10 Å². The minimum atomic E-state index is -0.494. The fourth-order valence-corrected chi connectivity index (χ4v) is 1.83. The molecule has 0 saturated carbocycles. The van der Waals surface area contributed by atoms with Crippen LogP contribution in [0.2, 0.25) is 0 Å². The topological polar surface area (TPSA) is 41.9 Å². The molecule has 1 unspecified atom stereocenters. The first-order valence-electron chi connectivity index (χ1n) is 5.85. The number of benzene rings is 1. The molecule has 1 atom stereocenters. The maximum Gasteiger partial charge on any atom is 0.119 e. The summed E-state index contributed by atoms with van der Waals surface area (Å²) in [5, 5.41) is 9.83. The summed E-state index contributed by atoms with van der Waals surface area (Å²) < 4.78 is 11.7. The fraction of sp³-hybridized carbons (Fsp3) is 0.538. The SMILES string of the molecule is COCCN(C)CC(O)COc1ccc(I)cc1. The van der Waals surface area contributed by atoms with Gasteiger partial charge < -0.3 is 19.5 Å². The second-order valence-corrected chi connectivity index (χ2v) is 5.42. The molecule has 1 N–H and O–H groups in total. The molecule has 0 aliphatic carbocycles. The van der Waals surface area contributed by atoms with E-state index < -0.39 is 6.10 Å². The van der Waals surface area contributed by atoms with Crippen LogP contribution < -0.4 is 4.74 Å². The van der Waals surface area contributed by atoms with Crippen LogP contribution in [0.3, 0.4) is 0 Å². The zero-order valence-corrected chi connectivity index (χ0v) is 13.0. The average molecular weight is 365 g/mol. The summed E-state index contributed by atoms with van der Waals surface area (Å²) in [6, 6.07) is 7.77. The van der Waals surface area contributed by atoms with E-state index in [0.717, 1.165) is 12.3 Å². The second-order valence-electron chi connectivity index (χ2n) is 4.17. The molecule has 0 aromatic heterocycles. The Morgan fingerprint density at radius 2 is 2.00 bits per heavy atom. The highest BCUT2D eigenvalue weighted by Crippen LogP contribution is 2.13. The number of hydrogen-bond acceptors (Lipinski definition) is 4. The van der Waals surface area contributed by atoms with Crippen LogP contribution in [-0.4, -0.2) is 56.6 Å². The van der Waals surface area contributed by atoms with Crippen molar-refractivity contribution in [2.24, 2.45) is 0 Å². The Kier molecular flexibility index (Phi) is 7.57. The van der Waals surface area contributed by atoms with E-state index in [1.807, 2.05) is 36.2 Å². The Hall–Kier alpha value is -0.370. The van der Waals surface area contributed by atoms with Gasteiger partial charge in [0.25, 0.3) is 0 Å². The zero-order chi connectivity index (χ0) is 13.4. The minimum absolute atomic E-state index is 0.303. The van der Waals surface area contributed by atoms with E-state index in [4.69, 9.17) is 9.47 Å². The van der Waals surface area contributed by atoms with Crippen LogP contribution >= 0.6 is 22.6 Å². The van der Waals surface area contributed by atoms with E-state index >= 15 is 0 Å². The van der Waals surface area contributed by atoms with E-state index in [2.05, 4.69) is 22.6 Å². The fourth-order valence-electron chi connectivity index (χ4n) is 1.47. The summed E-state index contributed by atoms with van der Waals surface area (Å²) in [5.41, 5.74) is 0. The molecule has 102 valence electrons. The van der Waals surface area contributed by atoms with Crippen molar-refractivity contribution in [2.75, 3.05) is 40.5 Å². The van der Waals surface area contributed by atoms with Crippen LogP contribution in [0, 0.1) is 3.57 Å². The molecule has 1 aromatic rings. The highest BCUT2D eigenvalue weighted by molar-refractivity contribution is 14.1. The zero-order valence-electron chi connectivity index (χ0n) is 10.8. The predicted molar refractivity (Wildman–Crippen MR) is 80.0 cm³/mol. The Balaban J connectivity index is 2.24. The number of halogens is 1. The van der Waals surface area contributed by atoms with Gasteiger partial charge in [-0.15, -0.1) is 0 Å². The van der Waals surface area contributed by atoms with Crippen molar-refractivity contribution >= 4 is 22.6 Å². The van der Waals surface area contributed by atoms with Crippen LogP contribution in [0.4, 0.5) is 0 Å². The van der Waals surface area contributed by atoms with Crippen LogP contribution in [0.25, 0.3) is 0 Å². The van der Waals surface area contributed by atoms with E-state index in [0.29, 0.717) is 19.8 Å². The Morgan fingerprint density at radius 1 is 1.33 bits per heavy atom. The lowest BCUT2D eigenvalue weighted by Gasteiger charge is -2.20. The van der Waals surface area contributed by atoms with Gasteiger partial charge in [0, 0.05) is 23.8 Å². The largest absolute Gasteiger partial charge is 0.491 e. The Morgan fingerprint density at radius 3 is 2.61 bits per heavy atom. The summed E-state index contributed by atoms with van der Waals surface area (Å²) in [5.74, 6) is 0.786. The van der Waals surface area contributed by atoms with Gasteiger partial charge in [-0.1, -0.05) is 0 Å². The van der Waals surface area contributed by atoms with Crippen molar-refractivity contribution in [3.8, 4) is 5.75 Å². The number of ether oxygens (including phenoxy) is 2. The van der Waals surface area contributed by atoms with Crippen molar-refractivity contribution in [1.82, 2.24) is 4.90 Å². The number of rotatable bonds is 8. The van der Waals surface area contributed by atoms with Crippen LogP contribution in [-0.2, 0) is 4.74 Å². The lowest BCUT2D eigenvalue weighted by molar-refractivity contribution is 0.0668. The third-order valence-electron chi connectivity index (χ3n) is 2.46. The van der Waals surface area contributed by atoms with Crippen LogP contribution in [0.5, 0.6) is 5.75 Å². The number of hydrogen-bond donors (Lipinski definition) is 1. The molecule has 0 saturated heterocycles. The Labute approximate surface area is 122 Å². The summed E-state index contributed by atoms with van der Waals surface area (Å²) >= 11 is 2.24. The number of likely N-dealkylation sites (N-methyl/N-ethyl adjacent to an activating group) is 1. The Bertz CT molecular complexity index is 332. The molecule has 0 fully saturated rings. The summed E-state index contributed by atoms with van der Waals surface area (Å²) in [4.78, 5) is 2.02. The van der Waals surface area contributed by atoms with Gasteiger partial charge in [-0.2, -0.15) is 0 Å². The summed E-state index contributed by atoms with van der Waals surface area (Å²) in [6.45, 7) is 2.35. The highest BCUT2D eigenvalue weighted by atomic mass is 127.